The van der Waals surface area contributed by atoms with Gasteiger partial charge in [-0.2, -0.15) is 4.31 Å². The first-order valence-corrected chi connectivity index (χ1v) is 10.1. The number of hydrogen-bond donors (Lipinski definition) is 0. The van der Waals surface area contributed by atoms with E-state index >= 15 is 0 Å². The lowest BCUT2D eigenvalue weighted by molar-refractivity contribution is 0.135. The maximum absolute atomic E-state index is 12.9. The van der Waals surface area contributed by atoms with Gasteiger partial charge in [-0.15, -0.1) is 0 Å². The third-order valence-electron chi connectivity index (χ3n) is 4.29. The molecule has 0 bridgehead atoms. The average Bonchev–Trinajstić information content (AvgIpc) is 2.65. The van der Waals surface area contributed by atoms with Gasteiger partial charge in [-0.25, -0.2) is 12.8 Å². The largest absolute Gasteiger partial charge is 0.494 e. The smallest absolute Gasteiger partial charge is 0.243 e. The van der Waals surface area contributed by atoms with E-state index in [1.165, 1.54) is 16.4 Å². The molecule has 26 heavy (non-hydrogen) atoms. The second-order valence-corrected chi connectivity index (χ2v) is 8.02. The van der Waals surface area contributed by atoms with E-state index < -0.39 is 10.0 Å². The Morgan fingerprint density at radius 1 is 1.00 bits per heavy atom. The van der Waals surface area contributed by atoms with Crippen molar-refractivity contribution in [1.29, 1.82) is 0 Å². The van der Waals surface area contributed by atoms with Gasteiger partial charge in [0.15, 0.2) is 0 Å². The lowest BCUT2D eigenvalue weighted by atomic mass is 10.1. The highest BCUT2D eigenvalue weighted by Crippen LogP contribution is 2.25. The summed E-state index contributed by atoms with van der Waals surface area (Å²) in [6.07, 6.45) is 1.11. The highest BCUT2D eigenvalue weighted by atomic mass is 32.2. The molecular weight excluding hydrogens is 357 g/mol. The van der Waals surface area contributed by atoms with E-state index in [2.05, 4.69) is 0 Å². The van der Waals surface area contributed by atoms with E-state index in [0.717, 1.165) is 0 Å². The van der Waals surface area contributed by atoms with Gasteiger partial charge >= 0.3 is 0 Å². The van der Waals surface area contributed by atoms with Crippen LogP contribution in [0.15, 0.2) is 53.4 Å². The molecule has 0 spiro atoms. The number of rotatable bonds is 6. The van der Waals surface area contributed by atoms with Gasteiger partial charge in [-0.1, -0.05) is 0 Å². The first kappa shape index (κ1) is 18.7. The van der Waals surface area contributed by atoms with Crippen LogP contribution in [0.1, 0.15) is 19.8 Å². The second-order valence-electron chi connectivity index (χ2n) is 6.08. The van der Waals surface area contributed by atoms with Crippen LogP contribution >= 0.6 is 0 Å². The molecule has 0 amide bonds. The van der Waals surface area contributed by atoms with E-state index in [4.69, 9.17) is 9.47 Å². The summed E-state index contributed by atoms with van der Waals surface area (Å²) in [6, 6.07) is 12.3. The SMILES string of the molecule is CCOc1ccc(S(=O)(=O)N2CCC(Oc3ccc(F)cc3)CC2)cc1. The molecule has 0 atom stereocenters. The molecule has 7 heteroatoms. The number of nitrogens with zero attached hydrogens (tertiary/aromatic N) is 1. The van der Waals surface area contributed by atoms with Gasteiger partial charge in [0, 0.05) is 13.1 Å². The van der Waals surface area contributed by atoms with E-state index in [9.17, 15) is 12.8 Å². The lowest BCUT2D eigenvalue weighted by Crippen LogP contribution is -2.41. The summed E-state index contributed by atoms with van der Waals surface area (Å²) in [5.74, 6) is 0.936. The summed E-state index contributed by atoms with van der Waals surface area (Å²) >= 11 is 0. The number of sulfonamides is 1. The van der Waals surface area contributed by atoms with E-state index in [1.54, 1.807) is 36.4 Å². The fraction of sp³-hybridized carbons (Fsp3) is 0.368. The van der Waals surface area contributed by atoms with Crippen LogP contribution in [-0.2, 0) is 10.0 Å². The third-order valence-corrected chi connectivity index (χ3v) is 6.20. The van der Waals surface area contributed by atoms with Gasteiger partial charge in [0.2, 0.25) is 10.0 Å². The lowest BCUT2D eigenvalue weighted by Gasteiger charge is -2.31. The van der Waals surface area contributed by atoms with Crippen LogP contribution in [0, 0.1) is 5.82 Å². The Bertz CT molecular complexity index is 814. The highest BCUT2D eigenvalue weighted by molar-refractivity contribution is 7.89. The monoisotopic (exact) mass is 379 g/mol. The predicted octanol–water partition coefficient (Wildman–Crippen LogP) is 3.46. The minimum atomic E-state index is -3.52. The topological polar surface area (TPSA) is 55.8 Å². The standard InChI is InChI=1S/C19H22FNO4S/c1-2-24-16-7-9-19(10-8-16)26(22,23)21-13-11-18(12-14-21)25-17-5-3-15(20)4-6-17/h3-10,18H,2,11-14H2,1H3. The van der Waals surface area contributed by atoms with Crippen LogP contribution in [0.2, 0.25) is 0 Å². The molecule has 1 heterocycles. The van der Waals surface area contributed by atoms with Crippen LogP contribution in [0.25, 0.3) is 0 Å². The summed E-state index contributed by atoms with van der Waals surface area (Å²) in [5, 5.41) is 0. The molecular formula is C19H22FNO4S. The maximum Gasteiger partial charge on any atom is 0.243 e. The molecule has 5 nitrogen and oxygen atoms in total. The average molecular weight is 379 g/mol. The molecule has 0 radical (unpaired) electrons. The molecule has 0 aliphatic carbocycles. The zero-order valence-corrected chi connectivity index (χ0v) is 15.4. The van der Waals surface area contributed by atoms with Crippen molar-refractivity contribution in [1.82, 2.24) is 4.31 Å². The van der Waals surface area contributed by atoms with Crippen molar-refractivity contribution in [3.05, 3.63) is 54.3 Å². The summed E-state index contributed by atoms with van der Waals surface area (Å²) in [5.41, 5.74) is 0. The van der Waals surface area contributed by atoms with Crippen LogP contribution in [0.3, 0.4) is 0 Å². The van der Waals surface area contributed by atoms with Gasteiger partial charge in [-0.3, -0.25) is 0 Å². The van der Waals surface area contributed by atoms with Gasteiger partial charge in [0.1, 0.15) is 23.4 Å². The highest BCUT2D eigenvalue weighted by Gasteiger charge is 2.30. The zero-order chi connectivity index (χ0) is 18.6. The fourth-order valence-corrected chi connectivity index (χ4v) is 4.39. The number of hydrogen-bond acceptors (Lipinski definition) is 4. The molecule has 2 aromatic carbocycles. The molecule has 0 unspecified atom stereocenters. The van der Waals surface area contributed by atoms with Crippen LogP contribution in [-0.4, -0.2) is 38.5 Å². The van der Waals surface area contributed by atoms with Crippen LogP contribution < -0.4 is 9.47 Å². The first-order valence-electron chi connectivity index (χ1n) is 8.64. The van der Waals surface area contributed by atoms with Gasteiger partial charge in [-0.05, 0) is 68.3 Å². The molecule has 0 saturated carbocycles. The van der Waals surface area contributed by atoms with Crippen molar-refractivity contribution in [3.8, 4) is 11.5 Å². The Labute approximate surface area is 153 Å². The van der Waals surface area contributed by atoms with Gasteiger partial charge in [0.05, 0.1) is 11.5 Å². The number of halogens is 1. The van der Waals surface area contributed by atoms with Crippen molar-refractivity contribution >= 4 is 10.0 Å². The second kappa shape index (κ2) is 8.05. The maximum atomic E-state index is 12.9. The normalized spacial score (nSPS) is 16.4. The fourth-order valence-electron chi connectivity index (χ4n) is 2.92. The van der Waals surface area contributed by atoms with Crippen molar-refractivity contribution in [2.24, 2.45) is 0 Å². The minimum absolute atomic E-state index is 0.0766. The van der Waals surface area contributed by atoms with E-state index in [1.807, 2.05) is 6.92 Å². The molecule has 140 valence electrons. The van der Waals surface area contributed by atoms with Gasteiger partial charge in [0.25, 0.3) is 0 Å². The van der Waals surface area contributed by atoms with E-state index in [0.29, 0.717) is 44.0 Å². The Hall–Kier alpha value is -2.12. The number of benzene rings is 2. The third kappa shape index (κ3) is 4.34. The van der Waals surface area contributed by atoms with Crippen LogP contribution in [0.5, 0.6) is 11.5 Å². The summed E-state index contributed by atoms with van der Waals surface area (Å²) in [6.45, 7) is 3.19. The molecule has 2 aromatic rings. The summed E-state index contributed by atoms with van der Waals surface area (Å²) < 4.78 is 51.1. The molecule has 3 rings (SSSR count). The van der Waals surface area contributed by atoms with Gasteiger partial charge < -0.3 is 9.47 Å². The number of ether oxygens (including phenoxy) is 2. The molecule has 1 aliphatic heterocycles. The molecule has 1 saturated heterocycles. The Kier molecular flexibility index (Phi) is 5.78. The summed E-state index contributed by atoms with van der Waals surface area (Å²) in [4.78, 5) is 0.263. The Balaban J connectivity index is 1.60. The van der Waals surface area contributed by atoms with Crippen LogP contribution in [0.4, 0.5) is 4.39 Å². The first-order chi connectivity index (χ1) is 12.5. The van der Waals surface area contributed by atoms with E-state index in [-0.39, 0.29) is 16.8 Å². The van der Waals surface area contributed by atoms with Crippen molar-refractivity contribution in [2.75, 3.05) is 19.7 Å². The summed E-state index contributed by atoms with van der Waals surface area (Å²) in [7, 11) is -3.52. The molecule has 1 fully saturated rings. The Morgan fingerprint density at radius 3 is 2.15 bits per heavy atom. The molecule has 0 aromatic heterocycles. The zero-order valence-electron chi connectivity index (χ0n) is 14.6. The van der Waals surface area contributed by atoms with Crippen molar-refractivity contribution in [3.63, 3.8) is 0 Å². The molecule has 0 N–H and O–H groups in total. The Morgan fingerprint density at radius 2 is 1.58 bits per heavy atom. The van der Waals surface area contributed by atoms with Crippen molar-refractivity contribution in [2.45, 2.75) is 30.8 Å². The quantitative estimate of drug-likeness (QED) is 0.771. The predicted molar refractivity (Wildman–Crippen MR) is 96.4 cm³/mol. The minimum Gasteiger partial charge on any atom is -0.494 e. The molecule has 1 aliphatic rings. The van der Waals surface area contributed by atoms with Crippen molar-refractivity contribution < 1.29 is 22.3 Å². The number of piperidine rings is 1.